The molecule has 0 aromatic carbocycles. The van der Waals surface area contributed by atoms with Crippen LogP contribution in [0.1, 0.15) is 44.9 Å². The lowest BCUT2D eigenvalue weighted by Gasteiger charge is -2.19. The van der Waals surface area contributed by atoms with E-state index in [1.807, 2.05) is 4.90 Å². The molecule has 2 saturated heterocycles. The molecule has 2 atom stereocenters. The predicted molar refractivity (Wildman–Crippen MR) is 71.5 cm³/mol. The van der Waals surface area contributed by atoms with Crippen LogP contribution >= 0.6 is 0 Å². The van der Waals surface area contributed by atoms with Crippen LogP contribution in [0.4, 0.5) is 4.79 Å². The Morgan fingerprint density at radius 3 is 2.72 bits per heavy atom. The largest absolute Gasteiger partial charge is 0.333 e. The fourth-order valence-corrected chi connectivity index (χ4v) is 3.75. The Morgan fingerprint density at radius 2 is 2.00 bits per heavy atom. The topological polar surface area (TPSA) is 44.4 Å². The molecule has 102 valence electrons. The maximum absolute atomic E-state index is 11.9. The van der Waals surface area contributed by atoms with Crippen LogP contribution in [-0.2, 0) is 0 Å². The maximum atomic E-state index is 11.9. The fraction of sp³-hybridized carbons (Fsp3) is 0.929. The third-order valence-electron chi connectivity index (χ3n) is 4.89. The fourth-order valence-electron chi connectivity index (χ4n) is 3.75. The molecule has 3 aliphatic rings. The van der Waals surface area contributed by atoms with E-state index in [-0.39, 0.29) is 6.03 Å². The SMILES string of the molecule is O=C1NC(C2CCCC2)CN1CCC1CCCN1. The molecule has 2 N–H and O–H groups in total. The second-order valence-corrected chi connectivity index (χ2v) is 6.13. The predicted octanol–water partition coefficient (Wildman–Crippen LogP) is 1.71. The molecule has 0 spiro atoms. The number of carbonyl (C=O) groups excluding carboxylic acids is 1. The second-order valence-electron chi connectivity index (χ2n) is 6.13. The highest BCUT2D eigenvalue weighted by atomic mass is 16.2. The standard InChI is InChI=1S/C14H25N3O/c18-14-16-13(11-4-1-2-5-11)10-17(14)9-7-12-6-3-8-15-12/h11-13,15H,1-10H2,(H,16,18). The van der Waals surface area contributed by atoms with E-state index in [4.69, 9.17) is 0 Å². The van der Waals surface area contributed by atoms with Crippen molar-refractivity contribution in [1.29, 1.82) is 0 Å². The zero-order chi connectivity index (χ0) is 12.4. The van der Waals surface area contributed by atoms with Gasteiger partial charge in [0.15, 0.2) is 0 Å². The molecule has 4 nitrogen and oxygen atoms in total. The Labute approximate surface area is 109 Å². The summed E-state index contributed by atoms with van der Waals surface area (Å²) in [5.41, 5.74) is 0. The molecular weight excluding hydrogens is 226 g/mol. The van der Waals surface area contributed by atoms with Gasteiger partial charge in [0.25, 0.3) is 0 Å². The molecule has 2 unspecified atom stereocenters. The van der Waals surface area contributed by atoms with Crippen LogP contribution in [0.5, 0.6) is 0 Å². The van der Waals surface area contributed by atoms with Gasteiger partial charge in [-0.25, -0.2) is 4.79 Å². The van der Waals surface area contributed by atoms with Crippen molar-refractivity contribution in [3.8, 4) is 0 Å². The Morgan fingerprint density at radius 1 is 1.17 bits per heavy atom. The molecule has 3 rings (SSSR count). The highest BCUT2D eigenvalue weighted by molar-refractivity contribution is 5.76. The lowest BCUT2D eigenvalue weighted by atomic mass is 9.99. The average molecular weight is 251 g/mol. The zero-order valence-electron chi connectivity index (χ0n) is 11.2. The lowest BCUT2D eigenvalue weighted by molar-refractivity contribution is 0.215. The number of nitrogens with zero attached hydrogens (tertiary/aromatic N) is 1. The van der Waals surface area contributed by atoms with E-state index in [9.17, 15) is 4.79 Å². The van der Waals surface area contributed by atoms with Gasteiger partial charge in [-0.05, 0) is 44.6 Å². The van der Waals surface area contributed by atoms with Crippen molar-refractivity contribution < 1.29 is 4.79 Å². The van der Waals surface area contributed by atoms with Gasteiger partial charge in [-0.1, -0.05) is 12.8 Å². The van der Waals surface area contributed by atoms with Crippen LogP contribution in [0.2, 0.25) is 0 Å². The summed E-state index contributed by atoms with van der Waals surface area (Å²) in [6.07, 6.45) is 9.01. The summed E-state index contributed by atoms with van der Waals surface area (Å²) in [6, 6.07) is 1.24. The van der Waals surface area contributed by atoms with Crippen molar-refractivity contribution >= 4 is 6.03 Å². The first-order chi connectivity index (χ1) is 8.83. The molecule has 18 heavy (non-hydrogen) atoms. The summed E-state index contributed by atoms with van der Waals surface area (Å²) in [6.45, 7) is 3.02. The van der Waals surface area contributed by atoms with E-state index in [0.717, 1.165) is 32.0 Å². The van der Waals surface area contributed by atoms with Crippen LogP contribution in [0.15, 0.2) is 0 Å². The third-order valence-corrected chi connectivity index (χ3v) is 4.89. The lowest BCUT2D eigenvalue weighted by Crippen LogP contribution is -2.33. The van der Waals surface area contributed by atoms with Crippen LogP contribution < -0.4 is 10.6 Å². The highest BCUT2D eigenvalue weighted by Crippen LogP contribution is 2.30. The van der Waals surface area contributed by atoms with Gasteiger partial charge in [-0.15, -0.1) is 0 Å². The molecule has 0 bridgehead atoms. The third kappa shape index (κ3) is 2.63. The zero-order valence-corrected chi connectivity index (χ0v) is 11.2. The van der Waals surface area contributed by atoms with Crippen LogP contribution in [0.3, 0.4) is 0 Å². The molecule has 1 saturated carbocycles. The number of carbonyl (C=O) groups is 1. The van der Waals surface area contributed by atoms with E-state index in [0.29, 0.717) is 12.1 Å². The molecule has 3 fully saturated rings. The van der Waals surface area contributed by atoms with Crippen LogP contribution in [0.25, 0.3) is 0 Å². The van der Waals surface area contributed by atoms with Gasteiger partial charge in [-0.2, -0.15) is 0 Å². The van der Waals surface area contributed by atoms with Crippen molar-refractivity contribution in [2.75, 3.05) is 19.6 Å². The van der Waals surface area contributed by atoms with E-state index < -0.39 is 0 Å². The number of rotatable bonds is 4. The van der Waals surface area contributed by atoms with Crippen molar-refractivity contribution in [2.24, 2.45) is 5.92 Å². The number of hydrogen-bond donors (Lipinski definition) is 2. The average Bonchev–Trinajstić information content (AvgIpc) is 3.09. The van der Waals surface area contributed by atoms with Crippen molar-refractivity contribution in [3.63, 3.8) is 0 Å². The highest BCUT2D eigenvalue weighted by Gasteiger charge is 2.35. The van der Waals surface area contributed by atoms with Crippen molar-refractivity contribution in [1.82, 2.24) is 15.5 Å². The quantitative estimate of drug-likeness (QED) is 0.799. The molecule has 0 aromatic rings. The number of amides is 2. The van der Waals surface area contributed by atoms with E-state index in [1.54, 1.807) is 0 Å². The minimum atomic E-state index is 0.171. The van der Waals surface area contributed by atoms with Crippen molar-refractivity contribution in [2.45, 2.75) is 57.0 Å². The molecular formula is C14H25N3O. The van der Waals surface area contributed by atoms with Gasteiger partial charge >= 0.3 is 6.03 Å². The first-order valence-electron chi connectivity index (χ1n) is 7.62. The smallest absolute Gasteiger partial charge is 0.317 e. The first kappa shape index (κ1) is 12.3. The monoisotopic (exact) mass is 251 g/mol. The van der Waals surface area contributed by atoms with Gasteiger partial charge in [0.05, 0.1) is 6.04 Å². The van der Waals surface area contributed by atoms with Gasteiger partial charge < -0.3 is 15.5 Å². The minimum absolute atomic E-state index is 0.171. The van der Waals surface area contributed by atoms with E-state index >= 15 is 0 Å². The second kappa shape index (κ2) is 5.47. The van der Waals surface area contributed by atoms with Gasteiger partial charge in [-0.3, -0.25) is 0 Å². The molecule has 4 heteroatoms. The number of hydrogen-bond acceptors (Lipinski definition) is 2. The summed E-state index contributed by atoms with van der Waals surface area (Å²) in [5.74, 6) is 0.739. The Kier molecular flexibility index (Phi) is 3.73. The van der Waals surface area contributed by atoms with Crippen molar-refractivity contribution in [3.05, 3.63) is 0 Å². The molecule has 1 aliphatic carbocycles. The summed E-state index contributed by atoms with van der Waals surface area (Å²) in [4.78, 5) is 14.0. The summed E-state index contributed by atoms with van der Waals surface area (Å²) in [5, 5.41) is 6.69. The van der Waals surface area contributed by atoms with Crippen LogP contribution in [0, 0.1) is 5.92 Å². The molecule has 2 heterocycles. The Hall–Kier alpha value is -0.770. The summed E-state index contributed by atoms with van der Waals surface area (Å²) < 4.78 is 0. The normalized spacial score (nSPS) is 33.3. The summed E-state index contributed by atoms with van der Waals surface area (Å²) >= 11 is 0. The Balaban J connectivity index is 1.46. The maximum Gasteiger partial charge on any atom is 0.317 e. The van der Waals surface area contributed by atoms with E-state index in [1.165, 1.54) is 38.5 Å². The molecule has 0 radical (unpaired) electrons. The van der Waals surface area contributed by atoms with E-state index in [2.05, 4.69) is 10.6 Å². The minimum Gasteiger partial charge on any atom is -0.333 e. The Bertz CT molecular complexity index is 295. The van der Waals surface area contributed by atoms with Crippen LogP contribution in [-0.4, -0.2) is 42.6 Å². The van der Waals surface area contributed by atoms with Gasteiger partial charge in [0.1, 0.15) is 0 Å². The molecule has 0 aromatic heterocycles. The number of nitrogens with one attached hydrogen (secondary N) is 2. The molecule has 2 aliphatic heterocycles. The summed E-state index contributed by atoms with van der Waals surface area (Å²) in [7, 11) is 0. The van der Waals surface area contributed by atoms with Gasteiger partial charge in [0, 0.05) is 19.1 Å². The first-order valence-corrected chi connectivity index (χ1v) is 7.62. The molecule has 2 amide bonds. The number of urea groups is 1. The van der Waals surface area contributed by atoms with Gasteiger partial charge in [0.2, 0.25) is 0 Å².